The van der Waals surface area contributed by atoms with E-state index in [9.17, 15) is 0 Å². The molecule has 0 unspecified atom stereocenters. The van der Waals surface area contributed by atoms with E-state index in [0.717, 1.165) is 24.7 Å². The summed E-state index contributed by atoms with van der Waals surface area (Å²) in [6.45, 7) is 3.31. The van der Waals surface area contributed by atoms with Crippen molar-refractivity contribution in [1.29, 1.82) is 0 Å². The first kappa shape index (κ1) is 17.0. The van der Waals surface area contributed by atoms with Crippen LogP contribution in [0.15, 0.2) is 54.6 Å². The molecular formula is C16H20Cl2N2. The molecular weight excluding hydrogens is 291 g/mol. The molecule has 0 atom stereocenters. The maximum Gasteiger partial charge on any atom is 0.0409 e. The molecule has 0 saturated heterocycles. The fourth-order valence-corrected chi connectivity index (χ4v) is 2.34. The van der Waals surface area contributed by atoms with E-state index in [0.29, 0.717) is 6.54 Å². The summed E-state index contributed by atoms with van der Waals surface area (Å²) in [6, 6.07) is 18.4. The quantitative estimate of drug-likeness (QED) is 0.881. The Morgan fingerprint density at radius 1 is 0.900 bits per heavy atom. The van der Waals surface area contributed by atoms with Crippen LogP contribution in [0.2, 0.25) is 5.02 Å². The fraction of sp³-hybridized carbons (Fsp3) is 0.250. The van der Waals surface area contributed by atoms with Gasteiger partial charge in [0.2, 0.25) is 0 Å². The summed E-state index contributed by atoms with van der Waals surface area (Å²) in [6.07, 6.45) is 0. The van der Waals surface area contributed by atoms with Gasteiger partial charge in [-0.05, 0) is 23.3 Å². The smallest absolute Gasteiger partial charge is 0.0409 e. The van der Waals surface area contributed by atoms with Gasteiger partial charge >= 0.3 is 0 Å². The third-order valence-electron chi connectivity index (χ3n) is 2.99. The van der Waals surface area contributed by atoms with Crippen LogP contribution in [0.3, 0.4) is 0 Å². The van der Waals surface area contributed by atoms with Crippen LogP contribution in [0.1, 0.15) is 11.1 Å². The van der Waals surface area contributed by atoms with Gasteiger partial charge in [-0.25, -0.2) is 0 Å². The van der Waals surface area contributed by atoms with Crippen molar-refractivity contribution in [2.75, 3.05) is 13.1 Å². The molecule has 20 heavy (non-hydrogen) atoms. The topological polar surface area (TPSA) is 29.3 Å². The Morgan fingerprint density at radius 2 is 1.55 bits per heavy atom. The van der Waals surface area contributed by atoms with Gasteiger partial charge < -0.3 is 5.73 Å². The van der Waals surface area contributed by atoms with E-state index in [-0.39, 0.29) is 12.4 Å². The SMILES string of the molecule is Cl.NCCN(Cc1ccccc1)Cc1cccc(Cl)c1. The standard InChI is InChI=1S/C16H19ClN2.ClH/c17-16-8-4-7-15(11-16)13-19(10-9-18)12-14-5-2-1-3-6-14;/h1-8,11H,9-10,12-13,18H2;1H. The summed E-state index contributed by atoms with van der Waals surface area (Å²) in [4.78, 5) is 2.33. The average Bonchev–Trinajstić information content (AvgIpc) is 2.40. The predicted molar refractivity (Wildman–Crippen MR) is 88.3 cm³/mol. The van der Waals surface area contributed by atoms with Crippen LogP contribution < -0.4 is 5.73 Å². The van der Waals surface area contributed by atoms with E-state index in [2.05, 4.69) is 35.2 Å². The van der Waals surface area contributed by atoms with Crippen molar-refractivity contribution in [1.82, 2.24) is 4.90 Å². The maximum atomic E-state index is 6.02. The van der Waals surface area contributed by atoms with E-state index < -0.39 is 0 Å². The molecule has 0 bridgehead atoms. The molecule has 0 amide bonds. The molecule has 0 fully saturated rings. The summed E-state index contributed by atoms with van der Waals surface area (Å²) in [5.41, 5.74) is 8.22. The zero-order valence-corrected chi connectivity index (χ0v) is 12.9. The second-order valence-electron chi connectivity index (χ2n) is 4.61. The van der Waals surface area contributed by atoms with Gasteiger partial charge in [0, 0.05) is 31.2 Å². The number of nitrogens with two attached hydrogens (primary N) is 1. The minimum atomic E-state index is 0. The van der Waals surface area contributed by atoms with Crippen LogP contribution in [-0.4, -0.2) is 18.0 Å². The fourth-order valence-electron chi connectivity index (χ4n) is 2.13. The number of halogens is 2. The second kappa shape index (κ2) is 8.98. The third-order valence-corrected chi connectivity index (χ3v) is 3.22. The van der Waals surface area contributed by atoms with Crippen LogP contribution in [-0.2, 0) is 13.1 Å². The molecule has 4 heteroatoms. The molecule has 0 heterocycles. The highest BCUT2D eigenvalue weighted by molar-refractivity contribution is 6.30. The largest absolute Gasteiger partial charge is 0.329 e. The van der Waals surface area contributed by atoms with Gasteiger partial charge in [0.1, 0.15) is 0 Å². The first-order valence-electron chi connectivity index (χ1n) is 6.49. The number of benzene rings is 2. The van der Waals surface area contributed by atoms with Gasteiger partial charge in [-0.15, -0.1) is 12.4 Å². The van der Waals surface area contributed by atoms with Crippen molar-refractivity contribution in [3.8, 4) is 0 Å². The first-order valence-corrected chi connectivity index (χ1v) is 6.86. The van der Waals surface area contributed by atoms with Gasteiger partial charge in [0.05, 0.1) is 0 Å². The molecule has 2 aromatic rings. The van der Waals surface area contributed by atoms with Crippen molar-refractivity contribution in [3.05, 3.63) is 70.7 Å². The lowest BCUT2D eigenvalue weighted by atomic mass is 10.1. The summed E-state index contributed by atoms with van der Waals surface area (Å²) >= 11 is 6.02. The van der Waals surface area contributed by atoms with Gasteiger partial charge in [-0.3, -0.25) is 4.90 Å². The molecule has 0 saturated carbocycles. The highest BCUT2D eigenvalue weighted by Gasteiger charge is 2.06. The van der Waals surface area contributed by atoms with Crippen molar-refractivity contribution < 1.29 is 0 Å². The highest BCUT2D eigenvalue weighted by Crippen LogP contribution is 2.14. The van der Waals surface area contributed by atoms with Crippen LogP contribution in [0.4, 0.5) is 0 Å². The first-order chi connectivity index (χ1) is 9.28. The lowest BCUT2D eigenvalue weighted by Gasteiger charge is -2.22. The predicted octanol–water partition coefficient (Wildman–Crippen LogP) is 3.72. The molecule has 2 aromatic carbocycles. The third kappa shape index (κ3) is 5.51. The van der Waals surface area contributed by atoms with E-state index in [1.165, 1.54) is 11.1 Å². The normalized spacial score (nSPS) is 10.3. The average molecular weight is 311 g/mol. The Morgan fingerprint density at radius 3 is 2.20 bits per heavy atom. The summed E-state index contributed by atoms with van der Waals surface area (Å²) in [5, 5.41) is 0.782. The maximum absolute atomic E-state index is 6.02. The molecule has 0 aliphatic heterocycles. The van der Waals surface area contributed by atoms with Crippen molar-refractivity contribution in [2.24, 2.45) is 5.73 Å². The zero-order chi connectivity index (χ0) is 13.5. The minimum absolute atomic E-state index is 0. The number of hydrogen-bond acceptors (Lipinski definition) is 2. The van der Waals surface area contributed by atoms with Crippen molar-refractivity contribution in [3.63, 3.8) is 0 Å². The van der Waals surface area contributed by atoms with Crippen LogP contribution in [0.25, 0.3) is 0 Å². The Labute approximate surface area is 132 Å². The van der Waals surface area contributed by atoms with E-state index in [4.69, 9.17) is 17.3 Å². The second-order valence-corrected chi connectivity index (χ2v) is 5.05. The van der Waals surface area contributed by atoms with Gasteiger partial charge in [-0.2, -0.15) is 0 Å². The van der Waals surface area contributed by atoms with Crippen molar-refractivity contribution >= 4 is 24.0 Å². The van der Waals surface area contributed by atoms with Crippen LogP contribution in [0, 0.1) is 0 Å². The minimum Gasteiger partial charge on any atom is -0.329 e. The highest BCUT2D eigenvalue weighted by atomic mass is 35.5. The summed E-state index contributed by atoms with van der Waals surface area (Å²) in [5.74, 6) is 0. The molecule has 2 N–H and O–H groups in total. The van der Waals surface area contributed by atoms with Crippen molar-refractivity contribution in [2.45, 2.75) is 13.1 Å². The zero-order valence-electron chi connectivity index (χ0n) is 11.3. The Kier molecular flexibility index (Phi) is 7.63. The molecule has 0 aromatic heterocycles. The summed E-state index contributed by atoms with van der Waals surface area (Å²) < 4.78 is 0. The molecule has 2 nitrogen and oxygen atoms in total. The molecule has 2 rings (SSSR count). The Bertz CT molecular complexity index is 503. The monoisotopic (exact) mass is 310 g/mol. The van der Waals surface area contributed by atoms with E-state index in [1.807, 2.05) is 24.3 Å². The number of nitrogens with zero attached hydrogens (tertiary/aromatic N) is 1. The van der Waals surface area contributed by atoms with E-state index in [1.54, 1.807) is 0 Å². The lowest BCUT2D eigenvalue weighted by Crippen LogP contribution is -2.28. The lowest BCUT2D eigenvalue weighted by molar-refractivity contribution is 0.264. The number of rotatable bonds is 6. The molecule has 108 valence electrons. The Balaban J connectivity index is 0.00000200. The van der Waals surface area contributed by atoms with Crippen LogP contribution in [0.5, 0.6) is 0 Å². The number of hydrogen-bond donors (Lipinski definition) is 1. The van der Waals surface area contributed by atoms with Gasteiger partial charge in [-0.1, -0.05) is 54.1 Å². The molecule has 0 radical (unpaired) electrons. The van der Waals surface area contributed by atoms with Gasteiger partial charge in [0.25, 0.3) is 0 Å². The summed E-state index contributed by atoms with van der Waals surface area (Å²) in [7, 11) is 0. The molecule has 0 aliphatic rings. The van der Waals surface area contributed by atoms with Gasteiger partial charge in [0.15, 0.2) is 0 Å². The van der Waals surface area contributed by atoms with Crippen LogP contribution >= 0.6 is 24.0 Å². The molecule has 0 aliphatic carbocycles. The Hall–Kier alpha value is -1.06. The van der Waals surface area contributed by atoms with E-state index >= 15 is 0 Å². The molecule has 0 spiro atoms.